The number of hydrogen-bond acceptors (Lipinski definition) is 7. The van der Waals surface area contributed by atoms with Gasteiger partial charge in [-0.05, 0) is 18.9 Å². The third kappa shape index (κ3) is 3.25. The molecule has 2 fully saturated rings. The molecule has 2 saturated heterocycles. The first-order chi connectivity index (χ1) is 11.1. The summed E-state index contributed by atoms with van der Waals surface area (Å²) in [6.45, 7) is 1.33. The molecule has 0 aromatic carbocycles. The van der Waals surface area contributed by atoms with Gasteiger partial charge in [0.2, 0.25) is 0 Å². The molecule has 4 atom stereocenters. The quantitative estimate of drug-likeness (QED) is 0.670. The van der Waals surface area contributed by atoms with Crippen LogP contribution in [0.15, 0.2) is 17.1 Å². The van der Waals surface area contributed by atoms with E-state index in [1.54, 1.807) is 6.07 Å². The lowest BCUT2D eigenvalue weighted by molar-refractivity contribution is -0.0549. The molecule has 3 heterocycles. The fourth-order valence-electron chi connectivity index (χ4n) is 3.18. The van der Waals surface area contributed by atoms with Crippen molar-refractivity contribution in [3.05, 3.63) is 22.7 Å². The van der Waals surface area contributed by atoms with E-state index in [1.165, 1.54) is 19.0 Å². The van der Waals surface area contributed by atoms with E-state index >= 15 is 0 Å². The molecule has 8 nitrogen and oxygen atoms in total. The van der Waals surface area contributed by atoms with Crippen LogP contribution in [0.3, 0.4) is 0 Å². The molecule has 2 aliphatic heterocycles. The summed E-state index contributed by atoms with van der Waals surface area (Å²) in [6, 6.07) is 1.72. The van der Waals surface area contributed by atoms with E-state index in [4.69, 9.17) is 9.84 Å². The van der Waals surface area contributed by atoms with Crippen molar-refractivity contribution in [2.45, 2.75) is 50.2 Å². The molecule has 0 radical (unpaired) electrons. The fourth-order valence-corrected chi connectivity index (χ4v) is 3.18. The number of aromatic nitrogens is 2. The molecule has 1 aromatic rings. The maximum Gasteiger partial charge on any atom is 0.351 e. The van der Waals surface area contributed by atoms with Gasteiger partial charge >= 0.3 is 5.69 Å². The zero-order valence-electron chi connectivity index (χ0n) is 12.9. The molecular formula is C15H23N3O5. The molecule has 0 aliphatic carbocycles. The summed E-state index contributed by atoms with van der Waals surface area (Å²) in [7, 11) is 0. The molecule has 8 heteroatoms. The summed E-state index contributed by atoms with van der Waals surface area (Å²) in [5.74, 6) is 0.625. The smallest absolute Gasteiger partial charge is 0.351 e. The van der Waals surface area contributed by atoms with Crippen molar-refractivity contribution in [2.24, 2.45) is 0 Å². The summed E-state index contributed by atoms with van der Waals surface area (Å²) in [5, 5.41) is 28.9. The van der Waals surface area contributed by atoms with Crippen molar-refractivity contribution < 1.29 is 20.1 Å². The van der Waals surface area contributed by atoms with Crippen LogP contribution >= 0.6 is 0 Å². The second-order valence-corrected chi connectivity index (χ2v) is 6.11. The molecule has 2 aliphatic rings. The van der Waals surface area contributed by atoms with Crippen LogP contribution in [0.25, 0.3) is 0 Å². The highest BCUT2D eigenvalue weighted by Crippen LogP contribution is 2.28. The second-order valence-electron chi connectivity index (χ2n) is 6.11. The molecule has 0 bridgehead atoms. The topological polar surface area (TPSA) is 108 Å². The number of aliphatic hydroxyl groups is 3. The van der Waals surface area contributed by atoms with Crippen molar-refractivity contribution in [3.8, 4) is 0 Å². The van der Waals surface area contributed by atoms with Gasteiger partial charge in [-0.1, -0.05) is 12.8 Å². The van der Waals surface area contributed by atoms with Gasteiger partial charge in [0.05, 0.1) is 6.61 Å². The van der Waals surface area contributed by atoms with Crippen molar-refractivity contribution in [1.82, 2.24) is 9.55 Å². The maximum absolute atomic E-state index is 12.3. The highest BCUT2D eigenvalue weighted by atomic mass is 16.6. The van der Waals surface area contributed by atoms with Crippen LogP contribution in [0.2, 0.25) is 0 Å². The van der Waals surface area contributed by atoms with Crippen molar-refractivity contribution in [2.75, 3.05) is 24.6 Å². The maximum atomic E-state index is 12.3. The Kier molecular flexibility index (Phi) is 4.96. The average molecular weight is 325 g/mol. The lowest BCUT2D eigenvalue weighted by atomic mass is 10.1. The Bertz CT molecular complexity index is 585. The van der Waals surface area contributed by atoms with Gasteiger partial charge in [-0.25, -0.2) is 4.79 Å². The average Bonchev–Trinajstić information content (AvgIpc) is 2.76. The number of ether oxygens (including phenoxy) is 1. The predicted molar refractivity (Wildman–Crippen MR) is 82.2 cm³/mol. The Balaban J connectivity index is 1.81. The van der Waals surface area contributed by atoms with Gasteiger partial charge in [-0.2, -0.15) is 4.98 Å². The monoisotopic (exact) mass is 325 g/mol. The molecule has 3 N–H and O–H groups in total. The van der Waals surface area contributed by atoms with Crippen molar-refractivity contribution in [3.63, 3.8) is 0 Å². The van der Waals surface area contributed by atoms with Crippen LogP contribution in [0.5, 0.6) is 0 Å². The summed E-state index contributed by atoms with van der Waals surface area (Å²) in [6.07, 6.45) is 1.60. The Hall–Kier alpha value is -1.48. The van der Waals surface area contributed by atoms with Gasteiger partial charge < -0.3 is 25.0 Å². The Morgan fingerprint density at radius 1 is 1.17 bits per heavy atom. The van der Waals surface area contributed by atoms with Gasteiger partial charge in [0, 0.05) is 19.3 Å². The first-order valence-corrected chi connectivity index (χ1v) is 8.08. The van der Waals surface area contributed by atoms with Crippen molar-refractivity contribution in [1.29, 1.82) is 0 Å². The Morgan fingerprint density at radius 2 is 1.87 bits per heavy atom. The molecule has 1 aromatic heterocycles. The summed E-state index contributed by atoms with van der Waals surface area (Å²) in [4.78, 5) is 18.5. The van der Waals surface area contributed by atoms with Crippen LogP contribution in [-0.2, 0) is 4.74 Å². The van der Waals surface area contributed by atoms with E-state index < -0.39 is 36.8 Å². The van der Waals surface area contributed by atoms with E-state index in [0.717, 1.165) is 30.5 Å². The molecule has 3 rings (SSSR count). The third-order valence-electron chi connectivity index (χ3n) is 4.54. The van der Waals surface area contributed by atoms with Crippen LogP contribution in [0.4, 0.5) is 5.82 Å². The molecule has 128 valence electrons. The number of rotatable bonds is 3. The number of aliphatic hydroxyl groups excluding tert-OH is 3. The molecule has 23 heavy (non-hydrogen) atoms. The van der Waals surface area contributed by atoms with E-state index in [1.807, 2.05) is 0 Å². The minimum atomic E-state index is -1.28. The molecule has 0 spiro atoms. The minimum Gasteiger partial charge on any atom is -0.394 e. The normalized spacial score (nSPS) is 32.0. The van der Waals surface area contributed by atoms with E-state index in [2.05, 4.69) is 9.88 Å². The predicted octanol–water partition coefficient (Wildman–Crippen LogP) is -0.765. The van der Waals surface area contributed by atoms with Crippen molar-refractivity contribution >= 4 is 5.82 Å². The van der Waals surface area contributed by atoms with Crippen LogP contribution in [0, 0.1) is 0 Å². The number of nitrogens with zero attached hydrogens (tertiary/aromatic N) is 3. The lowest BCUT2D eigenvalue weighted by Gasteiger charge is -2.22. The zero-order valence-corrected chi connectivity index (χ0v) is 12.9. The SMILES string of the molecule is O=c1nc(N2CCCCCC2)ccn1[C@H]1O[C@@H](CO)[C@@H](O)[C@H]1O. The fraction of sp³-hybridized carbons (Fsp3) is 0.733. The first-order valence-electron chi connectivity index (χ1n) is 8.08. The zero-order chi connectivity index (χ0) is 16.4. The minimum absolute atomic E-state index is 0.428. The molecular weight excluding hydrogens is 302 g/mol. The summed E-state index contributed by atoms with van der Waals surface area (Å²) in [5.41, 5.74) is -0.540. The number of anilines is 1. The first kappa shape index (κ1) is 16.4. The molecule has 0 saturated carbocycles. The Morgan fingerprint density at radius 3 is 2.43 bits per heavy atom. The van der Waals surface area contributed by atoms with Gasteiger partial charge in [0.25, 0.3) is 0 Å². The molecule has 0 amide bonds. The standard InChI is InChI=1S/C15H23N3O5/c19-9-10-12(20)13(21)14(23-10)18-8-5-11(16-15(18)22)17-6-3-1-2-4-7-17/h5,8,10,12-14,19-21H,1-4,6-7,9H2/t10-,12+,13+,14-/m0/s1. The number of hydrogen-bond donors (Lipinski definition) is 3. The van der Waals surface area contributed by atoms with Gasteiger partial charge in [0.1, 0.15) is 24.1 Å². The van der Waals surface area contributed by atoms with Gasteiger partial charge in [-0.15, -0.1) is 0 Å². The van der Waals surface area contributed by atoms with E-state index in [0.29, 0.717) is 5.82 Å². The summed E-state index contributed by atoms with van der Waals surface area (Å²) >= 11 is 0. The van der Waals surface area contributed by atoms with Gasteiger partial charge in [-0.3, -0.25) is 4.57 Å². The largest absolute Gasteiger partial charge is 0.394 e. The Labute approximate surface area is 134 Å². The highest BCUT2D eigenvalue weighted by molar-refractivity contribution is 5.36. The summed E-state index contributed by atoms with van der Waals surface area (Å²) < 4.78 is 6.52. The third-order valence-corrected chi connectivity index (χ3v) is 4.54. The van der Waals surface area contributed by atoms with Crippen LogP contribution < -0.4 is 10.6 Å². The second kappa shape index (κ2) is 6.96. The van der Waals surface area contributed by atoms with E-state index in [9.17, 15) is 15.0 Å². The highest BCUT2D eigenvalue weighted by Gasteiger charge is 2.43. The van der Waals surface area contributed by atoms with Gasteiger partial charge in [0.15, 0.2) is 6.23 Å². The lowest BCUT2D eigenvalue weighted by Crippen LogP contribution is -2.37. The molecule has 0 unspecified atom stereocenters. The van der Waals surface area contributed by atoms with E-state index in [-0.39, 0.29) is 0 Å². The van der Waals surface area contributed by atoms with Crippen LogP contribution in [0.1, 0.15) is 31.9 Å². The van der Waals surface area contributed by atoms with Crippen LogP contribution in [-0.4, -0.2) is 62.9 Å².